The van der Waals surface area contributed by atoms with Crippen LogP contribution in [0.25, 0.3) is 17.0 Å². The fraction of sp³-hybridized carbons (Fsp3) is 0.344. The van der Waals surface area contributed by atoms with Crippen LogP contribution in [0, 0.1) is 6.92 Å². The number of nitrogens with zero attached hydrogens (tertiary/aromatic N) is 3. The Bertz CT molecular complexity index is 1860. The highest BCUT2D eigenvalue weighted by molar-refractivity contribution is 7.07. The molecule has 214 valence electrons. The van der Waals surface area contributed by atoms with E-state index in [2.05, 4.69) is 30.5 Å². The number of rotatable bonds is 8. The molecule has 5 rings (SSSR count). The van der Waals surface area contributed by atoms with Crippen molar-refractivity contribution < 1.29 is 19.0 Å². The van der Waals surface area contributed by atoms with Crippen molar-refractivity contribution >= 4 is 34.3 Å². The minimum atomic E-state index is -0.743. The van der Waals surface area contributed by atoms with Crippen LogP contribution in [0.1, 0.15) is 57.5 Å². The van der Waals surface area contributed by atoms with Crippen molar-refractivity contribution in [1.82, 2.24) is 9.13 Å². The smallest absolute Gasteiger partial charge is 0.338 e. The van der Waals surface area contributed by atoms with Crippen LogP contribution >= 0.6 is 11.3 Å². The number of fused-ring (bicyclic) bond motifs is 2. The maximum atomic E-state index is 14.2. The van der Waals surface area contributed by atoms with Gasteiger partial charge in [0.05, 0.1) is 41.7 Å². The summed E-state index contributed by atoms with van der Waals surface area (Å²) in [4.78, 5) is 32.7. The van der Waals surface area contributed by atoms with Crippen LogP contribution in [0.3, 0.4) is 0 Å². The van der Waals surface area contributed by atoms with Crippen LogP contribution in [0.2, 0.25) is 0 Å². The summed E-state index contributed by atoms with van der Waals surface area (Å²) in [5.74, 6) is 0.593. The van der Waals surface area contributed by atoms with Crippen LogP contribution in [0.4, 0.5) is 0 Å². The van der Waals surface area contributed by atoms with E-state index in [0.717, 1.165) is 28.7 Å². The molecular weight excluding hydrogens is 538 g/mol. The van der Waals surface area contributed by atoms with Crippen LogP contribution in [0.5, 0.6) is 11.5 Å². The lowest BCUT2D eigenvalue weighted by Gasteiger charge is -2.25. The largest absolute Gasteiger partial charge is 0.493 e. The van der Waals surface area contributed by atoms with Gasteiger partial charge in [0.2, 0.25) is 0 Å². The van der Waals surface area contributed by atoms with Gasteiger partial charge < -0.3 is 18.8 Å². The topological polar surface area (TPSA) is 84.1 Å². The normalized spacial score (nSPS) is 15.3. The lowest BCUT2D eigenvalue weighted by molar-refractivity contribution is -0.139. The number of methoxy groups -OCH3 is 1. The van der Waals surface area contributed by atoms with Crippen LogP contribution < -0.4 is 24.4 Å². The number of benzene rings is 2. The lowest BCUT2D eigenvalue weighted by atomic mass is 9.95. The first-order valence-electron chi connectivity index (χ1n) is 13.8. The number of carbonyl (C=O) groups is 1. The molecule has 2 aromatic heterocycles. The van der Waals surface area contributed by atoms with Crippen molar-refractivity contribution in [3.05, 3.63) is 90.2 Å². The molecule has 1 atom stereocenters. The molecule has 1 aliphatic rings. The molecule has 0 amide bonds. The number of carbonyl (C=O) groups excluding carboxylic acids is 1. The van der Waals surface area contributed by atoms with Gasteiger partial charge in [0, 0.05) is 28.7 Å². The molecule has 0 N–H and O–H groups in total. The first-order chi connectivity index (χ1) is 19.7. The molecule has 0 saturated carbocycles. The zero-order chi connectivity index (χ0) is 29.4. The van der Waals surface area contributed by atoms with Crippen LogP contribution in [0.15, 0.2) is 63.5 Å². The van der Waals surface area contributed by atoms with E-state index in [4.69, 9.17) is 19.2 Å². The number of hydrogen-bond donors (Lipinski definition) is 0. The van der Waals surface area contributed by atoms with Gasteiger partial charge in [0.1, 0.15) is 0 Å². The SMILES string of the molecule is CCOC(=O)C1=C(C)N=c2s/c(=C/c3c(C)n(CC)c4ccccc34)c(=O)n2[C@H]1c1ccc(OC(C)C)c(OC)c1. The Hall–Kier alpha value is -4.11. The van der Waals surface area contributed by atoms with E-state index in [1.165, 1.54) is 11.3 Å². The highest BCUT2D eigenvalue weighted by Gasteiger charge is 2.34. The Kier molecular flexibility index (Phi) is 7.91. The van der Waals surface area contributed by atoms with Crippen molar-refractivity contribution in [3.63, 3.8) is 0 Å². The quantitative estimate of drug-likeness (QED) is 0.281. The Morgan fingerprint density at radius 1 is 1.12 bits per heavy atom. The molecule has 0 aliphatic carbocycles. The Morgan fingerprint density at radius 3 is 2.56 bits per heavy atom. The van der Waals surface area contributed by atoms with Crippen molar-refractivity contribution in [2.75, 3.05) is 13.7 Å². The molecule has 3 heterocycles. The molecule has 0 bridgehead atoms. The third-order valence-electron chi connectivity index (χ3n) is 7.25. The first kappa shape index (κ1) is 28.4. The average Bonchev–Trinajstić information content (AvgIpc) is 3.40. The number of hydrogen-bond acceptors (Lipinski definition) is 7. The first-order valence-corrected chi connectivity index (χ1v) is 14.6. The van der Waals surface area contributed by atoms with Gasteiger partial charge in [0.15, 0.2) is 16.3 Å². The second kappa shape index (κ2) is 11.4. The fourth-order valence-electron chi connectivity index (χ4n) is 5.49. The van der Waals surface area contributed by atoms with Gasteiger partial charge in [-0.1, -0.05) is 35.6 Å². The molecule has 4 aromatic rings. The Balaban J connectivity index is 1.75. The van der Waals surface area contributed by atoms with E-state index in [1.54, 1.807) is 25.5 Å². The molecular formula is C32H35N3O5S. The zero-order valence-corrected chi connectivity index (χ0v) is 25.3. The van der Waals surface area contributed by atoms with Crippen LogP contribution in [-0.4, -0.2) is 34.9 Å². The van der Waals surface area contributed by atoms with E-state index in [9.17, 15) is 9.59 Å². The maximum absolute atomic E-state index is 14.2. The summed E-state index contributed by atoms with van der Waals surface area (Å²) >= 11 is 1.32. The van der Waals surface area contributed by atoms with Crippen molar-refractivity contribution in [2.24, 2.45) is 4.99 Å². The minimum absolute atomic E-state index is 0.0493. The summed E-state index contributed by atoms with van der Waals surface area (Å²) < 4.78 is 21.4. The molecule has 9 heteroatoms. The van der Waals surface area contributed by atoms with E-state index in [1.807, 2.05) is 50.3 Å². The number of allylic oxidation sites excluding steroid dienone is 1. The molecule has 8 nitrogen and oxygen atoms in total. The van der Waals surface area contributed by atoms with Crippen molar-refractivity contribution in [2.45, 2.75) is 60.2 Å². The maximum Gasteiger partial charge on any atom is 0.338 e. The molecule has 0 radical (unpaired) electrons. The number of aromatic nitrogens is 2. The van der Waals surface area contributed by atoms with Gasteiger partial charge in [-0.2, -0.15) is 0 Å². The van der Waals surface area contributed by atoms with Gasteiger partial charge in [-0.25, -0.2) is 9.79 Å². The molecule has 2 aromatic carbocycles. The van der Waals surface area contributed by atoms with E-state index >= 15 is 0 Å². The van der Waals surface area contributed by atoms with Gasteiger partial charge in [0.25, 0.3) is 5.56 Å². The van der Waals surface area contributed by atoms with E-state index in [-0.39, 0.29) is 18.3 Å². The monoisotopic (exact) mass is 573 g/mol. The predicted molar refractivity (Wildman–Crippen MR) is 162 cm³/mol. The van der Waals surface area contributed by atoms with Gasteiger partial charge in [-0.15, -0.1) is 0 Å². The fourth-order valence-corrected chi connectivity index (χ4v) is 6.52. The summed E-state index contributed by atoms with van der Waals surface area (Å²) in [5, 5.41) is 1.09. The molecule has 0 saturated heterocycles. The highest BCUT2D eigenvalue weighted by atomic mass is 32.1. The van der Waals surface area contributed by atoms with Gasteiger partial charge in [-0.05, 0) is 71.4 Å². The third-order valence-corrected chi connectivity index (χ3v) is 8.24. The van der Waals surface area contributed by atoms with Gasteiger partial charge in [-0.3, -0.25) is 9.36 Å². The molecule has 41 heavy (non-hydrogen) atoms. The lowest BCUT2D eigenvalue weighted by Crippen LogP contribution is -2.40. The third kappa shape index (κ3) is 4.99. The average molecular weight is 574 g/mol. The number of para-hydroxylation sites is 1. The second-order valence-corrected chi connectivity index (χ2v) is 11.1. The molecule has 0 spiro atoms. The molecule has 1 aliphatic heterocycles. The summed E-state index contributed by atoms with van der Waals surface area (Å²) in [7, 11) is 1.57. The van der Waals surface area contributed by atoms with Crippen LogP contribution in [-0.2, 0) is 16.1 Å². The summed E-state index contributed by atoms with van der Waals surface area (Å²) in [6.07, 6.45) is 1.90. The second-order valence-electron chi connectivity index (χ2n) is 10.1. The minimum Gasteiger partial charge on any atom is -0.493 e. The van der Waals surface area contributed by atoms with E-state index < -0.39 is 12.0 Å². The molecule has 0 fully saturated rings. The van der Waals surface area contributed by atoms with Crippen molar-refractivity contribution in [3.8, 4) is 11.5 Å². The highest BCUT2D eigenvalue weighted by Crippen LogP contribution is 2.36. The molecule has 0 unspecified atom stereocenters. The van der Waals surface area contributed by atoms with Gasteiger partial charge >= 0.3 is 5.97 Å². The van der Waals surface area contributed by atoms with E-state index in [0.29, 0.717) is 37.7 Å². The standard InChI is InChI=1S/C32H35N3O5S/c1-8-34-20(6)23(22-12-10-11-13-24(22)34)17-27-30(36)35-29(21-14-15-25(40-18(3)4)26(16-21)38-7)28(31(37)39-9-2)19(5)33-32(35)41-27/h10-18,29H,8-9H2,1-7H3/b27-17+/t29-/m0/s1. The number of ether oxygens (including phenoxy) is 3. The summed E-state index contributed by atoms with van der Waals surface area (Å²) in [6, 6.07) is 13.0. The summed E-state index contributed by atoms with van der Waals surface area (Å²) in [5.41, 5.74) is 4.53. The zero-order valence-electron chi connectivity index (χ0n) is 24.5. The number of aryl methyl sites for hydroxylation is 1. The predicted octanol–water partition coefficient (Wildman–Crippen LogP) is 4.88. The number of esters is 1. The Labute approximate surface area is 242 Å². The Morgan fingerprint density at radius 2 is 1.88 bits per heavy atom. The van der Waals surface area contributed by atoms with Crippen molar-refractivity contribution in [1.29, 1.82) is 0 Å². The number of thiazole rings is 1. The summed E-state index contributed by atoms with van der Waals surface area (Å²) in [6.45, 7) is 12.6.